The van der Waals surface area contributed by atoms with E-state index in [0.29, 0.717) is 25.6 Å². The smallest absolute Gasteiger partial charge is 0.213 e. The van der Waals surface area contributed by atoms with Crippen molar-refractivity contribution in [3.8, 4) is 0 Å². The fourth-order valence-electron chi connectivity index (χ4n) is 3.13. The number of nitrogens with zero attached hydrogens (tertiary/aromatic N) is 1. The fraction of sp³-hybridized carbons (Fsp3) is 0.667. The van der Waals surface area contributed by atoms with E-state index in [9.17, 15) is 8.42 Å². The molecule has 172 valence electrons. The average Bonchev–Trinajstić information content (AvgIpc) is 2.71. The van der Waals surface area contributed by atoms with Crippen molar-refractivity contribution >= 4 is 40.0 Å². The lowest BCUT2D eigenvalue weighted by molar-refractivity contribution is 0.0200. The second-order valence-corrected chi connectivity index (χ2v) is 9.54. The Balaban J connectivity index is 0.00000450. The summed E-state index contributed by atoms with van der Waals surface area (Å²) in [4.78, 5) is 4.61. The highest BCUT2D eigenvalue weighted by Gasteiger charge is 2.17. The summed E-state index contributed by atoms with van der Waals surface area (Å²) < 4.78 is 32.7. The Morgan fingerprint density at radius 3 is 2.60 bits per heavy atom. The van der Waals surface area contributed by atoms with Crippen LogP contribution in [-0.4, -0.2) is 59.0 Å². The van der Waals surface area contributed by atoms with Crippen LogP contribution in [0.15, 0.2) is 29.3 Å². The van der Waals surface area contributed by atoms with E-state index in [0.717, 1.165) is 32.4 Å². The first-order valence-electron chi connectivity index (χ1n) is 10.6. The molecule has 1 aliphatic rings. The summed E-state index contributed by atoms with van der Waals surface area (Å²) >= 11 is 0. The van der Waals surface area contributed by atoms with Crippen molar-refractivity contribution in [2.75, 3.05) is 38.5 Å². The number of ether oxygens (including phenoxy) is 1. The highest BCUT2D eigenvalue weighted by Crippen LogP contribution is 2.16. The number of halogens is 1. The van der Waals surface area contributed by atoms with Crippen LogP contribution in [0, 0.1) is 6.92 Å². The minimum absolute atomic E-state index is 0. The molecule has 7 nitrogen and oxygen atoms in total. The molecule has 1 aromatic rings. The highest BCUT2D eigenvalue weighted by molar-refractivity contribution is 14.0. The Hall–Kier alpha value is -0.910. The zero-order chi connectivity index (χ0) is 21.1. The summed E-state index contributed by atoms with van der Waals surface area (Å²) in [6, 6.07) is 8.47. The molecular formula is C21H37IN4O3S. The van der Waals surface area contributed by atoms with Gasteiger partial charge in [-0.15, -0.1) is 24.0 Å². The summed E-state index contributed by atoms with van der Waals surface area (Å²) in [7, 11) is -3.35. The molecular weight excluding hydrogens is 515 g/mol. The molecule has 1 aromatic carbocycles. The molecule has 3 N–H and O–H groups in total. The van der Waals surface area contributed by atoms with E-state index >= 15 is 0 Å². The molecule has 1 fully saturated rings. The minimum atomic E-state index is -3.35. The van der Waals surface area contributed by atoms with E-state index in [-0.39, 0.29) is 41.8 Å². The highest BCUT2D eigenvalue weighted by atomic mass is 127. The van der Waals surface area contributed by atoms with E-state index < -0.39 is 10.0 Å². The molecule has 0 aromatic heterocycles. The van der Waals surface area contributed by atoms with Gasteiger partial charge in [-0.05, 0) is 38.7 Å². The molecule has 1 saturated heterocycles. The fourth-order valence-corrected chi connectivity index (χ4v) is 4.09. The van der Waals surface area contributed by atoms with Crippen molar-refractivity contribution in [1.82, 2.24) is 15.4 Å². The van der Waals surface area contributed by atoms with Gasteiger partial charge in [0.05, 0.1) is 11.9 Å². The molecule has 0 aliphatic carbocycles. The predicted molar refractivity (Wildman–Crippen MR) is 134 cm³/mol. The third kappa shape index (κ3) is 10.4. The Kier molecular flexibility index (Phi) is 12.8. The lowest BCUT2D eigenvalue weighted by atomic mass is 10.0. The topological polar surface area (TPSA) is 91.8 Å². The standard InChI is InChI=1S/C21H36N4O3S.HI/c1-4-22-21(24-15-18(3)19-10-8-17(2)9-11-19)23-12-14-29(26,27)25-16-20-7-5-6-13-28-20;/h8-11,18,20,25H,4-7,12-16H2,1-3H3,(H2,22,23,24);1H. The Bertz CT molecular complexity index is 735. The molecule has 2 unspecified atom stereocenters. The third-order valence-electron chi connectivity index (χ3n) is 4.98. The maximum Gasteiger partial charge on any atom is 0.213 e. The molecule has 0 spiro atoms. The molecule has 30 heavy (non-hydrogen) atoms. The summed E-state index contributed by atoms with van der Waals surface area (Å²) in [5, 5.41) is 6.29. The van der Waals surface area contributed by atoms with Crippen LogP contribution in [0.4, 0.5) is 0 Å². The monoisotopic (exact) mass is 552 g/mol. The third-order valence-corrected chi connectivity index (χ3v) is 6.33. The van der Waals surface area contributed by atoms with Gasteiger partial charge in [0.15, 0.2) is 5.96 Å². The predicted octanol–water partition coefficient (Wildman–Crippen LogP) is 2.76. The van der Waals surface area contributed by atoms with E-state index in [1.165, 1.54) is 11.1 Å². The van der Waals surface area contributed by atoms with Gasteiger partial charge in [-0.2, -0.15) is 0 Å². The molecule has 9 heteroatoms. The van der Waals surface area contributed by atoms with Gasteiger partial charge in [-0.25, -0.2) is 13.1 Å². The first kappa shape index (κ1) is 27.1. The van der Waals surface area contributed by atoms with Crippen LogP contribution in [0.3, 0.4) is 0 Å². The Morgan fingerprint density at radius 2 is 1.97 bits per heavy atom. The summed E-state index contributed by atoms with van der Waals surface area (Å²) in [6.45, 7) is 8.91. The second kappa shape index (κ2) is 14.2. The van der Waals surface area contributed by atoms with E-state index in [1.807, 2.05) is 6.92 Å². The van der Waals surface area contributed by atoms with Crippen LogP contribution in [0.5, 0.6) is 0 Å². The number of guanidine groups is 1. The normalized spacial score (nSPS) is 18.4. The lowest BCUT2D eigenvalue weighted by Crippen LogP contribution is -2.42. The molecule has 0 radical (unpaired) electrons. The number of rotatable bonds is 10. The van der Waals surface area contributed by atoms with Crippen molar-refractivity contribution < 1.29 is 13.2 Å². The molecule has 0 amide bonds. The Morgan fingerprint density at radius 1 is 1.23 bits per heavy atom. The van der Waals surface area contributed by atoms with Gasteiger partial charge >= 0.3 is 0 Å². The molecule has 0 saturated carbocycles. The van der Waals surface area contributed by atoms with Gasteiger partial charge in [-0.1, -0.05) is 36.8 Å². The van der Waals surface area contributed by atoms with Crippen molar-refractivity contribution in [3.05, 3.63) is 35.4 Å². The average molecular weight is 553 g/mol. The van der Waals surface area contributed by atoms with Crippen LogP contribution >= 0.6 is 24.0 Å². The molecule has 0 bridgehead atoms. The Labute approximate surface area is 198 Å². The van der Waals surface area contributed by atoms with Crippen LogP contribution in [0.25, 0.3) is 0 Å². The van der Waals surface area contributed by atoms with Crippen LogP contribution in [-0.2, 0) is 14.8 Å². The van der Waals surface area contributed by atoms with Crippen molar-refractivity contribution in [2.45, 2.75) is 52.1 Å². The van der Waals surface area contributed by atoms with Gasteiger partial charge in [0, 0.05) is 38.7 Å². The van der Waals surface area contributed by atoms with E-state index in [1.54, 1.807) is 0 Å². The van der Waals surface area contributed by atoms with Crippen LogP contribution < -0.4 is 15.4 Å². The minimum Gasteiger partial charge on any atom is -0.377 e. The lowest BCUT2D eigenvalue weighted by Gasteiger charge is -2.22. The summed E-state index contributed by atoms with van der Waals surface area (Å²) in [5.41, 5.74) is 2.48. The number of aryl methyl sites for hydroxylation is 1. The maximum absolute atomic E-state index is 12.2. The van der Waals surface area contributed by atoms with Gasteiger partial charge < -0.3 is 15.4 Å². The zero-order valence-corrected chi connectivity index (χ0v) is 21.5. The molecule has 1 heterocycles. The quantitative estimate of drug-likeness (QED) is 0.236. The van der Waals surface area contributed by atoms with Gasteiger partial charge in [0.25, 0.3) is 0 Å². The maximum atomic E-state index is 12.2. The van der Waals surface area contributed by atoms with E-state index in [2.05, 4.69) is 58.5 Å². The molecule has 2 rings (SSSR count). The SMILES string of the molecule is CCNC(=NCC(C)c1ccc(C)cc1)NCCS(=O)(=O)NCC1CCCCO1.I. The van der Waals surface area contributed by atoms with E-state index in [4.69, 9.17) is 4.74 Å². The van der Waals surface area contributed by atoms with Crippen molar-refractivity contribution in [2.24, 2.45) is 4.99 Å². The summed E-state index contributed by atoms with van der Waals surface area (Å²) in [6.07, 6.45) is 3.06. The number of nitrogens with one attached hydrogen (secondary N) is 3. The number of sulfonamides is 1. The van der Waals surface area contributed by atoms with Crippen molar-refractivity contribution in [1.29, 1.82) is 0 Å². The van der Waals surface area contributed by atoms with Gasteiger partial charge in [0.1, 0.15) is 0 Å². The summed E-state index contributed by atoms with van der Waals surface area (Å²) in [5.74, 6) is 0.918. The van der Waals surface area contributed by atoms with Gasteiger partial charge in [-0.3, -0.25) is 4.99 Å². The first-order chi connectivity index (χ1) is 13.9. The number of benzene rings is 1. The largest absolute Gasteiger partial charge is 0.377 e. The molecule has 1 aliphatic heterocycles. The zero-order valence-electron chi connectivity index (χ0n) is 18.3. The first-order valence-corrected chi connectivity index (χ1v) is 12.2. The van der Waals surface area contributed by atoms with Crippen LogP contribution in [0.1, 0.15) is 50.2 Å². The van der Waals surface area contributed by atoms with Crippen molar-refractivity contribution in [3.63, 3.8) is 0 Å². The number of aliphatic imine (C=N–C) groups is 1. The molecule has 2 atom stereocenters. The number of hydrogen-bond donors (Lipinski definition) is 3. The van der Waals surface area contributed by atoms with Crippen LogP contribution in [0.2, 0.25) is 0 Å². The second-order valence-electron chi connectivity index (χ2n) is 7.61. The number of hydrogen-bond acceptors (Lipinski definition) is 4. The van der Waals surface area contributed by atoms with Gasteiger partial charge in [0.2, 0.25) is 10.0 Å².